The second kappa shape index (κ2) is 7.78. The molecule has 0 radical (unpaired) electrons. The lowest BCUT2D eigenvalue weighted by molar-refractivity contribution is 0.0956. The summed E-state index contributed by atoms with van der Waals surface area (Å²) in [6, 6.07) is 5.00. The van der Waals surface area contributed by atoms with Crippen molar-refractivity contribution in [2.75, 3.05) is 26.0 Å². The first kappa shape index (κ1) is 17.2. The number of amides is 1. The van der Waals surface area contributed by atoms with Crippen LogP contribution in [0.1, 0.15) is 21.5 Å². The molecular weight excluding hydrogens is 292 g/mol. The molecule has 0 aliphatic rings. The van der Waals surface area contributed by atoms with E-state index in [2.05, 4.69) is 21.9 Å². The minimum atomic E-state index is -3.34. The van der Waals surface area contributed by atoms with Crippen molar-refractivity contribution >= 4 is 15.9 Å². The number of hydrogen-bond acceptors (Lipinski definition) is 4. The Morgan fingerprint density at radius 2 is 2.10 bits per heavy atom. The zero-order valence-corrected chi connectivity index (χ0v) is 12.8. The van der Waals surface area contributed by atoms with Crippen molar-refractivity contribution in [3.63, 3.8) is 0 Å². The lowest BCUT2D eigenvalue weighted by Crippen LogP contribution is -2.33. The number of carbonyl (C=O) groups is 1. The summed E-state index contributed by atoms with van der Waals surface area (Å²) in [5.74, 6) is 4.74. The maximum atomic E-state index is 11.9. The average Bonchev–Trinajstić information content (AvgIpc) is 2.46. The van der Waals surface area contributed by atoms with Crippen LogP contribution in [0.3, 0.4) is 0 Å². The maximum Gasteiger partial charge on any atom is 0.251 e. The van der Waals surface area contributed by atoms with E-state index >= 15 is 0 Å². The van der Waals surface area contributed by atoms with E-state index in [9.17, 15) is 13.2 Å². The van der Waals surface area contributed by atoms with Crippen LogP contribution in [0.15, 0.2) is 18.2 Å². The van der Waals surface area contributed by atoms with Crippen molar-refractivity contribution in [2.45, 2.75) is 6.92 Å². The normalized spacial score (nSPS) is 10.6. The summed E-state index contributed by atoms with van der Waals surface area (Å²) >= 11 is 0. The minimum absolute atomic E-state index is 0.0214. The number of nitrogens with one attached hydrogen (secondary N) is 2. The predicted molar refractivity (Wildman–Crippen MR) is 80.3 cm³/mol. The molecule has 0 saturated heterocycles. The van der Waals surface area contributed by atoms with Crippen LogP contribution in [0, 0.1) is 18.8 Å². The molecule has 3 N–H and O–H groups in total. The van der Waals surface area contributed by atoms with Gasteiger partial charge in [0.2, 0.25) is 10.0 Å². The molecule has 1 rings (SSSR count). The molecule has 7 heteroatoms. The van der Waals surface area contributed by atoms with E-state index in [1.54, 1.807) is 18.2 Å². The molecule has 0 fully saturated rings. The Bertz CT molecular complexity index is 672. The Balaban J connectivity index is 2.75. The van der Waals surface area contributed by atoms with E-state index < -0.39 is 10.0 Å². The summed E-state index contributed by atoms with van der Waals surface area (Å²) in [4.78, 5) is 11.9. The number of hydrogen-bond donors (Lipinski definition) is 3. The van der Waals surface area contributed by atoms with Crippen LogP contribution in [0.2, 0.25) is 0 Å². The van der Waals surface area contributed by atoms with Crippen LogP contribution in [-0.4, -0.2) is 45.4 Å². The molecule has 6 nitrogen and oxygen atoms in total. The Morgan fingerprint density at radius 3 is 2.71 bits per heavy atom. The van der Waals surface area contributed by atoms with Crippen LogP contribution in [0.5, 0.6) is 0 Å². The summed E-state index contributed by atoms with van der Waals surface area (Å²) in [6.07, 6.45) is 0. The number of aliphatic hydroxyl groups excluding tert-OH is 1. The number of rotatable bonds is 5. The van der Waals surface area contributed by atoms with Gasteiger partial charge in [0.1, 0.15) is 6.61 Å². The van der Waals surface area contributed by atoms with Gasteiger partial charge in [0, 0.05) is 17.7 Å². The van der Waals surface area contributed by atoms with Crippen LogP contribution < -0.4 is 10.0 Å². The summed E-state index contributed by atoms with van der Waals surface area (Å²) < 4.78 is 24.6. The Kier molecular flexibility index (Phi) is 6.37. The van der Waals surface area contributed by atoms with Gasteiger partial charge in [-0.15, -0.1) is 0 Å². The third-order valence-corrected chi connectivity index (χ3v) is 4.13. The van der Waals surface area contributed by atoms with Gasteiger partial charge >= 0.3 is 0 Å². The van der Waals surface area contributed by atoms with Crippen molar-refractivity contribution in [1.82, 2.24) is 10.0 Å². The SMILES string of the molecule is CNS(=O)(=O)CCNC(=O)c1ccc(C)c(C#CCO)c1. The Hall–Kier alpha value is -1.88. The van der Waals surface area contributed by atoms with E-state index in [4.69, 9.17) is 5.11 Å². The maximum absolute atomic E-state index is 11.9. The fourth-order valence-electron chi connectivity index (χ4n) is 1.54. The second-order valence-corrected chi connectivity index (χ2v) is 6.31. The number of aliphatic hydroxyl groups is 1. The largest absolute Gasteiger partial charge is 0.384 e. The van der Waals surface area contributed by atoms with Crippen molar-refractivity contribution < 1.29 is 18.3 Å². The molecule has 0 unspecified atom stereocenters. The highest BCUT2D eigenvalue weighted by atomic mass is 32.2. The van der Waals surface area contributed by atoms with Crippen LogP contribution in [-0.2, 0) is 10.0 Å². The molecule has 0 saturated carbocycles. The molecule has 0 atom stereocenters. The van der Waals surface area contributed by atoms with Gasteiger partial charge < -0.3 is 10.4 Å². The van der Waals surface area contributed by atoms with Crippen LogP contribution in [0.4, 0.5) is 0 Å². The van der Waals surface area contributed by atoms with Gasteiger partial charge in [0.15, 0.2) is 0 Å². The highest BCUT2D eigenvalue weighted by Gasteiger charge is 2.10. The molecule has 0 spiro atoms. The highest BCUT2D eigenvalue weighted by Crippen LogP contribution is 2.10. The second-order valence-electron chi connectivity index (χ2n) is 4.27. The lowest BCUT2D eigenvalue weighted by atomic mass is 10.0. The molecule has 0 aliphatic heterocycles. The minimum Gasteiger partial charge on any atom is -0.384 e. The van der Waals surface area contributed by atoms with Crippen molar-refractivity contribution in [1.29, 1.82) is 0 Å². The fraction of sp³-hybridized carbons (Fsp3) is 0.357. The lowest BCUT2D eigenvalue weighted by Gasteiger charge is -2.07. The third kappa shape index (κ3) is 5.55. The number of carbonyl (C=O) groups excluding carboxylic acids is 1. The first-order chi connectivity index (χ1) is 9.89. The average molecular weight is 310 g/mol. The van der Waals surface area contributed by atoms with E-state index in [0.29, 0.717) is 11.1 Å². The first-order valence-electron chi connectivity index (χ1n) is 6.29. The van der Waals surface area contributed by atoms with Gasteiger partial charge in [-0.2, -0.15) is 0 Å². The summed E-state index contributed by atoms with van der Waals surface area (Å²) in [7, 11) is -2.02. The van der Waals surface area contributed by atoms with Gasteiger partial charge in [-0.25, -0.2) is 13.1 Å². The first-order valence-corrected chi connectivity index (χ1v) is 7.94. The molecular formula is C14H18N2O4S. The molecule has 114 valence electrons. The Morgan fingerprint density at radius 1 is 1.38 bits per heavy atom. The monoisotopic (exact) mass is 310 g/mol. The molecule has 0 aliphatic carbocycles. The molecule has 1 aromatic rings. The quantitative estimate of drug-likeness (QED) is 0.646. The third-order valence-electron chi connectivity index (χ3n) is 2.77. The highest BCUT2D eigenvalue weighted by molar-refractivity contribution is 7.89. The van der Waals surface area contributed by atoms with Gasteiger partial charge in [-0.3, -0.25) is 4.79 Å². The molecule has 0 bridgehead atoms. The van der Waals surface area contributed by atoms with E-state index in [1.807, 2.05) is 6.92 Å². The zero-order valence-electron chi connectivity index (χ0n) is 11.9. The molecule has 21 heavy (non-hydrogen) atoms. The smallest absolute Gasteiger partial charge is 0.251 e. The predicted octanol–water partition coefficient (Wildman–Crippen LogP) is -0.382. The number of benzene rings is 1. The summed E-state index contributed by atoms with van der Waals surface area (Å²) in [6.45, 7) is 1.62. The van der Waals surface area contributed by atoms with Gasteiger partial charge in [-0.05, 0) is 31.7 Å². The number of sulfonamides is 1. The zero-order chi connectivity index (χ0) is 15.9. The van der Waals surface area contributed by atoms with Gasteiger partial charge in [-0.1, -0.05) is 17.9 Å². The van der Waals surface area contributed by atoms with Crippen molar-refractivity contribution in [3.8, 4) is 11.8 Å². The van der Waals surface area contributed by atoms with Crippen molar-refractivity contribution in [3.05, 3.63) is 34.9 Å². The van der Waals surface area contributed by atoms with E-state index in [-0.39, 0.29) is 24.8 Å². The van der Waals surface area contributed by atoms with E-state index in [1.165, 1.54) is 7.05 Å². The van der Waals surface area contributed by atoms with Crippen LogP contribution >= 0.6 is 0 Å². The standard InChI is InChI=1S/C14H18N2O4S/c1-11-5-6-13(10-12(11)4-3-8-17)14(18)16-7-9-21(19,20)15-2/h5-6,10,15,17H,7-9H2,1-2H3,(H,16,18). The topological polar surface area (TPSA) is 95.5 Å². The fourth-order valence-corrected chi connectivity index (χ4v) is 2.11. The summed E-state index contributed by atoms with van der Waals surface area (Å²) in [5, 5.41) is 11.2. The molecule has 1 amide bonds. The van der Waals surface area contributed by atoms with Crippen molar-refractivity contribution in [2.24, 2.45) is 0 Å². The summed E-state index contributed by atoms with van der Waals surface area (Å²) in [5.41, 5.74) is 1.94. The molecule has 0 heterocycles. The van der Waals surface area contributed by atoms with E-state index in [0.717, 1.165) is 5.56 Å². The number of aryl methyl sites for hydroxylation is 1. The van der Waals surface area contributed by atoms with Gasteiger partial charge in [0.05, 0.1) is 5.75 Å². The van der Waals surface area contributed by atoms with Gasteiger partial charge in [0.25, 0.3) is 5.91 Å². The molecule has 0 aromatic heterocycles. The Labute approximate surface area is 124 Å². The molecule has 1 aromatic carbocycles. The van der Waals surface area contributed by atoms with Crippen LogP contribution in [0.25, 0.3) is 0 Å².